The molecule has 0 atom stereocenters. The number of nitrogens with one attached hydrogen (secondary N) is 1. The van der Waals surface area contributed by atoms with E-state index in [0.717, 1.165) is 0 Å². The lowest BCUT2D eigenvalue weighted by atomic mass is 10.0. The third-order valence-corrected chi connectivity index (χ3v) is 4.84. The number of benzene rings is 2. The summed E-state index contributed by atoms with van der Waals surface area (Å²) >= 11 is 22.6. The van der Waals surface area contributed by atoms with Crippen LogP contribution in [0.15, 0.2) is 58.1 Å². The molecule has 29 heavy (non-hydrogen) atoms. The summed E-state index contributed by atoms with van der Waals surface area (Å²) in [5.74, 6) is -1.41. The molecule has 1 amide bonds. The highest BCUT2D eigenvalue weighted by atomic mass is 35.5. The Kier molecular flexibility index (Phi) is 8.99. The molecule has 0 heterocycles. The largest absolute Gasteiger partial charge is 0.460 e. The van der Waals surface area contributed by atoms with Crippen LogP contribution < -0.4 is 5.32 Å². The third kappa shape index (κ3) is 7.37. The average molecular weight is 475 g/mol. The van der Waals surface area contributed by atoms with E-state index in [1.165, 1.54) is 12.1 Å². The molecule has 0 radical (unpaired) electrons. The Morgan fingerprint density at radius 3 is 2.28 bits per heavy atom. The van der Waals surface area contributed by atoms with E-state index in [9.17, 15) is 14.4 Å². The van der Waals surface area contributed by atoms with Gasteiger partial charge in [-0.3, -0.25) is 14.4 Å². The van der Waals surface area contributed by atoms with Gasteiger partial charge < -0.3 is 10.1 Å². The van der Waals surface area contributed by atoms with Crippen LogP contribution in [0.4, 0.5) is 5.69 Å². The van der Waals surface area contributed by atoms with Crippen molar-refractivity contribution < 1.29 is 19.1 Å². The molecule has 2 aromatic rings. The second-order valence-electron chi connectivity index (χ2n) is 5.76. The first kappa shape index (κ1) is 23.2. The Morgan fingerprint density at radius 1 is 0.931 bits per heavy atom. The highest BCUT2D eigenvalue weighted by Crippen LogP contribution is 2.24. The van der Waals surface area contributed by atoms with E-state index in [4.69, 9.17) is 51.1 Å². The molecule has 2 aromatic carbocycles. The fourth-order valence-electron chi connectivity index (χ4n) is 2.26. The summed E-state index contributed by atoms with van der Waals surface area (Å²) in [6.45, 7) is -0.281. The van der Waals surface area contributed by atoms with Crippen LogP contribution in [0, 0.1) is 0 Å². The van der Waals surface area contributed by atoms with E-state index in [-0.39, 0.29) is 40.3 Å². The summed E-state index contributed by atoms with van der Waals surface area (Å²) in [5.41, 5.74) is 0.992. The Morgan fingerprint density at radius 2 is 1.62 bits per heavy atom. The van der Waals surface area contributed by atoms with E-state index in [1.54, 1.807) is 36.4 Å². The van der Waals surface area contributed by atoms with E-state index < -0.39 is 11.9 Å². The number of rotatable bonds is 8. The van der Waals surface area contributed by atoms with Gasteiger partial charge in [0.15, 0.2) is 5.78 Å². The van der Waals surface area contributed by atoms with Gasteiger partial charge in [-0.25, -0.2) is 0 Å². The lowest BCUT2D eigenvalue weighted by Gasteiger charge is -2.11. The smallest absolute Gasteiger partial charge is 0.306 e. The molecule has 0 saturated heterocycles. The molecule has 2 rings (SSSR count). The van der Waals surface area contributed by atoms with Crippen LogP contribution in [-0.4, -0.2) is 24.3 Å². The van der Waals surface area contributed by atoms with Gasteiger partial charge in [-0.05, 0) is 18.2 Å². The highest BCUT2D eigenvalue weighted by molar-refractivity contribution is 6.59. The summed E-state index contributed by atoms with van der Waals surface area (Å²) in [4.78, 5) is 36.7. The SMILES string of the molecule is O=C(CCC(=O)OCC(Cl)=C(Cl)Cl)Nc1ccc(Cl)cc1C(=O)c1ccccc1. The molecule has 0 saturated carbocycles. The van der Waals surface area contributed by atoms with Crippen LogP contribution >= 0.6 is 46.4 Å². The molecular formula is C20H15Cl4NO4. The molecule has 0 spiro atoms. The molecule has 0 fully saturated rings. The van der Waals surface area contributed by atoms with Crippen LogP contribution in [-0.2, 0) is 14.3 Å². The number of hydrogen-bond acceptors (Lipinski definition) is 4. The fourth-order valence-corrected chi connectivity index (χ4v) is 2.59. The topological polar surface area (TPSA) is 72.5 Å². The van der Waals surface area contributed by atoms with Crippen molar-refractivity contribution in [3.05, 3.63) is 74.2 Å². The number of carbonyl (C=O) groups excluding carboxylic acids is 3. The Bertz CT molecular complexity index is 941. The van der Waals surface area contributed by atoms with Crippen LogP contribution in [0.3, 0.4) is 0 Å². The molecule has 0 aliphatic rings. The normalized spacial score (nSPS) is 10.2. The van der Waals surface area contributed by atoms with Gasteiger partial charge in [-0.1, -0.05) is 76.7 Å². The maximum atomic E-state index is 12.7. The van der Waals surface area contributed by atoms with Gasteiger partial charge in [0, 0.05) is 22.6 Å². The second-order valence-corrected chi connectivity index (χ2v) is 7.60. The Balaban J connectivity index is 2.01. The first-order valence-electron chi connectivity index (χ1n) is 8.32. The van der Waals surface area contributed by atoms with Crippen molar-refractivity contribution in [2.24, 2.45) is 0 Å². The minimum absolute atomic E-state index is 0.0173. The van der Waals surface area contributed by atoms with Gasteiger partial charge in [0.05, 0.1) is 17.1 Å². The summed E-state index contributed by atoms with van der Waals surface area (Å²) in [7, 11) is 0. The van der Waals surface area contributed by atoms with E-state index in [2.05, 4.69) is 5.32 Å². The van der Waals surface area contributed by atoms with E-state index in [1.807, 2.05) is 0 Å². The van der Waals surface area contributed by atoms with Crippen molar-refractivity contribution in [2.75, 3.05) is 11.9 Å². The van der Waals surface area contributed by atoms with Crippen LogP contribution in [0.1, 0.15) is 28.8 Å². The molecule has 0 aliphatic heterocycles. The minimum atomic E-state index is -0.649. The third-order valence-electron chi connectivity index (χ3n) is 3.66. The van der Waals surface area contributed by atoms with Gasteiger partial charge in [-0.2, -0.15) is 0 Å². The van der Waals surface area contributed by atoms with E-state index in [0.29, 0.717) is 16.3 Å². The molecule has 1 N–H and O–H groups in total. The van der Waals surface area contributed by atoms with Gasteiger partial charge in [0.25, 0.3) is 0 Å². The van der Waals surface area contributed by atoms with Crippen LogP contribution in [0.2, 0.25) is 5.02 Å². The Hall–Kier alpha value is -2.05. The van der Waals surface area contributed by atoms with Crippen molar-refractivity contribution in [2.45, 2.75) is 12.8 Å². The summed E-state index contributed by atoms with van der Waals surface area (Å²) in [6, 6.07) is 13.2. The molecule has 0 aliphatic carbocycles. The first-order valence-corrected chi connectivity index (χ1v) is 9.83. The first-order chi connectivity index (χ1) is 13.8. The number of ketones is 1. The molecular weight excluding hydrogens is 460 g/mol. The van der Waals surface area contributed by atoms with Crippen LogP contribution in [0.25, 0.3) is 0 Å². The van der Waals surface area contributed by atoms with Crippen molar-refractivity contribution in [1.29, 1.82) is 0 Å². The lowest BCUT2D eigenvalue weighted by molar-refractivity contribution is -0.143. The number of anilines is 1. The molecule has 152 valence electrons. The van der Waals surface area contributed by atoms with Gasteiger partial charge >= 0.3 is 5.97 Å². The second kappa shape index (κ2) is 11.2. The number of esters is 1. The van der Waals surface area contributed by atoms with E-state index >= 15 is 0 Å². The van der Waals surface area contributed by atoms with Crippen molar-refractivity contribution in [1.82, 2.24) is 0 Å². The maximum absolute atomic E-state index is 12.7. The molecule has 0 aromatic heterocycles. The number of halogens is 4. The number of carbonyl (C=O) groups is 3. The zero-order chi connectivity index (χ0) is 21.4. The van der Waals surface area contributed by atoms with Gasteiger partial charge in [0.1, 0.15) is 11.1 Å². The quantitative estimate of drug-likeness (QED) is 0.392. The molecule has 0 unspecified atom stereocenters. The van der Waals surface area contributed by atoms with Crippen molar-refractivity contribution in [3.8, 4) is 0 Å². The summed E-state index contributed by atoms with van der Waals surface area (Å²) < 4.78 is 4.65. The van der Waals surface area contributed by atoms with Crippen LogP contribution in [0.5, 0.6) is 0 Å². The minimum Gasteiger partial charge on any atom is -0.460 e. The summed E-state index contributed by atoms with van der Waals surface area (Å²) in [5, 5.41) is 2.96. The lowest BCUT2D eigenvalue weighted by Crippen LogP contribution is -2.17. The molecule has 0 bridgehead atoms. The predicted molar refractivity (Wildman–Crippen MR) is 115 cm³/mol. The standard InChI is InChI=1S/C20H15Cl4NO4/c21-13-6-7-16(14(10-13)19(28)12-4-2-1-3-5-12)25-17(26)8-9-18(27)29-11-15(22)20(23)24/h1-7,10H,8-9,11H2,(H,25,26). The monoisotopic (exact) mass is 473 g/mol. The summed E-state index contributed by atoms with van der Waals surface area (Å²) in [6.07, 6.45) is -0.345. The number of hydrogen-bond donors (Lipinski definition) is 1. The van der Waals surface area contributed by atoms with Gasteiger partial charge in [-0.15, -0.1) is 0 Å². The maximum Gasteiger partial charge on any atom is 0.306 e. The Labute approximate surface area is 187 Å². The van der Waals surface area contributed by atoms with Crippen molar-refractivity contribution >= 4 is 69.8 Å². The molecule has 9 heteroatoms. The predicted octanol–water partition coefficient (Wildman–Crippen LogP) is 5.72. The zero-order valence-corrected chi connectivity index (χ0v) is 17.9. The zero-order valence-electron chi connectivity index (χ0n) is 14.9. The fraction of sp³-hybridized carbons (Fsp3) is 0.150. The highest BCUT2D eigenvalue weighted by Gasteiger charge is 2.17. The molecule has 5 nitrogen and oxygen atoms in total. The van der Waals surface area contributed by atoms with Gasteiger partial charge in [0.2, 0.25) is 5.91 Å². The average Bonchev–Trinajstić information content (AvgIpc) is 2.71. The van der Waals surface area contributed by atoms with Crippen molar-refractivity contribution in [3.63, 3.8) is 0 Å². The number of amides is 1. The number of ether oxygens (including phenoxy) is 1.